The quantitative estimate of drug-likeness (QED) is 0.800. The molecule has 1 aromatic heterocycles. The molecule has 0 radical (unpaired) electrons. The smallest absolute Gasteiger partial charge is 0.255 e. The minimum Gasteiger partial charge on any atom is -0.383 e. The third-order valence-electron chi connectivity index (χ3n) is 3.36. The zero-order valence-corrected chi connectivity index (χ0v) is 13.1. The Morgan fingerprint density at radius 2 is 1.87 bits per heavy atom. The summed E-state index contributed by atoms with van der Waals surface area (Å²) in [5, 5.41) is 5.59. The van der Waals surface area contributed by atoms with E-state index in [9.17, 15) is 9.59 Å². The lowest BCUT2D eigenvalue weighted by Gasteiger charge is -2.12. The predicted octanol–water partition coefficient (Wildman–Crippen LogP) is 2.02. The maximum absolute atomic E-state index is 12.2. The van der Waals surface area contributed by atoms with Crippen LogP contribution >= 0.6 is 0 Å². The van der Waals surface area contributed by atoms with Crippen molar-refractivity contribution in [3.63, 3.8) is 0 Å². The van der Waals surface area contributed by atoms with Gasteiger partial charge < -0.3 is 15.4 Å². The van der Waals surface area contributed by atoms with Gasteiger partial charge in [0, 0.05) is 42.9 Å². The molecule has 0 bridgehead atoms. The molecule has 0 fully saturated rings. The lowest BCUT2D eigenvalue weighted by atomic mass is 10.1. The number of anilines is 1. The maximum atomic E-state index is 12.2. The van der Waals surface area contributed by atoms with Crippen molar-refractivity contribution < 1.29 is 14.3 Å². The number of ether oxygens (including phenoxy) is 1. The molecule has 2 amide bonds. The first-order valence-corrected chi connectivity index (χ1v) is 7.21. The van der Waals surface area contributed by atoms with E-state index in [1.165, 1.54) is 0 Å². The first-order valence-electron chi connectivity index (χ1n) is 7.21. The number of aromatic nitrogens is 1. The highest BCUT2D eigenvalue weighted by Crippen LogP contribution is 2.19. The van der Waals surface area contributed by atoms with Crippen molar-refractivity contribution in [3.8, 4) is 0 Å². The molecule has 2 N–H and O–H groups in total. The van der Waals surface area contributed by atoms with E-state index in [2.05, 4.69) is 15.6 Å². The van der Waals surface area contributed by atoms with Gasteiger partial charge in [-0.25, -0.2) is 0 Å². The number of benzene rings is 1. The SMILES string of the molecule is COCCNC(=O)c1cccc(NC(=O)c2ccncc2)c1C. The molecule has 1 aromatic carbocycles. The van der Waals surface area contributed by atoms with Crippen molar-refractivity contribution >= 4 is 17.5 Å². The van der Waals surface area contributed by atoms with Gasteiger partial charge in [0.05, 0.1) is 6.61 Å². The van der Waals surface area contributed by atoms with Gasteiger partial charge >= 0.3 is 0 Å². The molecule has 0 atom stereocenters. The monoisotopic (exact) mass is 313 g/mol. The molecule has 0 aliphatic heterocycles. The number of carbonyl (C=O) groups is 2. The molecule has 0 unspecified atom stereocenters. The Kier molecular flexibility index (Phi) is 5.82. The van der Waals surface area contributed by atoms with Gasteiger partial charge in [0.25, 0.3) is 11.8 Å². The van der Waals surface area contributed by atoms with Gasteiger partial charge in [-0.3, -0.25) is 14.6 Å². The number of amides is 2. The van der Waals surface area contributed by atoms with Crippen LogP contribution in [0.2, 0.25) is 0 Å². The topological polar surface area (TPSA) is 80.3 Å². The average Bonchev–Trinajstić information content (AvgIpc) is 2.57. The Labute approximate surface area is 134 Å². The summed E-state index contributed by atoms with van der Waals surface area (Å²) in [6.45, 7) is 2.68. The molecular weight excluding hydrogens is 294 g/mol. The van der Waals surface area contributed by atoms with E-state index in [4.69, 9.17) is 4.74 Å². The molecule has 1 heterocycles. The number of hydrogen-bond acceptors (Lipinski definition) is 4. The lowest BCUT2D eigenvalue weighted by molar-refractivity contribution is 0.0935. The third kappa shape index (κ3) is 4.37. The van der Waals surface area contributed by atoms with Gasteiger partial charge in [0.2, 0.25) is 0 Å². The zero-order chi connectivity index (χ0) is 16.7. The van der Waals surface area contributed by atoms with Crippen LogP contribution in [0.3, 0.4) is 0 Å². The molecule has 23 heavy (non-hydrogen) atoms. The zero-order valence-electron chi connectivity index (χ0n) is 13.1. The standard InChI is InChI=1S/C17H19N3O3/c1-12-14(17(22)19-10-11-23-2)4-3-5-15(12)20-16(21)13-6-8-18-9-7-13/h3-9H,10-11H2,1-2H3,(H,19,22)(H,20,21). The van der Waals surface area contributed by atoms with E-state index in [0.717, 1.165) is 0 Å². The molecule has 6 nitrogen and oxygen atoms in total. The maximum Gasteiger partial charge on any atom is 0.255 e. The second-order valence-corrected chi connectivity index (χ2v) is 4.92. The summed E-state index contributed by atoms with van der Waals surface area (Å²) in [6.07, 6.45) is 3.11. The Hall–Kier alpha value is -2.73. The van der Waals surface area contributed by atoms with E-state index in [1.807, 2.05) is 0 Å². The second-order valence-electron chi connectivity index (χ2n) is 4.92. The van der Waals surface area contributed by atoms with Crippen LogP contribution in [0.1, 0.15) is 26.3 Å². The number of hydrogen-bond donors (Lipinski definition) is 2. The molecular formula is C17H19N3O3. The minimum atomic E-state index is -0.243. The molecule has 0 saturated carbocycles. The number of nitrogens with zero attached hydrogens (tertiary/aromatic N) is 1. The fourth-order valence-corrected chi connectivity index (χ4v) is 2.08. The summed E-state index contributed by atoms with van der Waals surface area (Å²) in [7, 11) is 1.58. The van der Waals surface area contributed by atoms with Gasteiger partial charge in [-0.05, 0) is 36.8 Å². The van der Waals surface area contributed by atoms with Crippen LogP contribution in [0, 0.1) is 6.92 Å². The Morgan fingerprint density at radius 1 is 1.13 bits per heavy atom. The summed E-state index contributed by atoms with van der Waals surface area (Å²) in [5.41, 5.74) is 2.35. The molecule has 120 valence electrons. The van der Waals surface area contributed by atoms with Crippen molar-refractivity contribution in [2.45, 2.75) is 6.92 Å². The van der Waals surface area contributed by atoms with Gasteiger partial charge in [-0.2, -0.15) is 0 Å². The van der Waals surface area contributed by atoms with Crippen LogP contribution in [0.25, 0.3) is 0 Å². The summed E-state index contributed by atoms with van der Waals surface area (Å²) < 4.78 is 4.91. The molecule has 2 rings (SSSR count). The Balaban J connectivity index is 2.13. The predicted molar refractivity (Wildman–Crippen MR) is 87.6 cm³/mol. The number of nitrogens with one attached hydrogen (secondary N) is 2. The average molecular weight is 313 g/mol. The fraction of sp³-hybridized carbons (Fsp3) is 0.235. The highest BCUT2D eigenvalue weighted by molar-refractivity contribution is 6.06. The van der Waals surface area contributed by atoms with Gasteiger partial charge in [-0.1, -0.05) is 6.07 Å². The lowest BCUT2D eigenvalue weighted by Crippen LogP contribution is -2.27. The largest absolute Gasteiger partial charge is 0.383 e. The van der Waals surface area contributed by atoms with Crippen molar-refractivity contribution in [1.82, 2.24) is 10.3 Å². The van der Waals surface area contributed by atoms with Gasteiger partial charge in [0.1, 0.15) is 0 Å². The molecule has 6 heteroatoms. The van der Waals surface area contributed by atoms with E-state index < -0.39 is 0 Å². The molecule has 2 aromatic rings. The van der Waals surface area contributed by atoms with Crippen molar-refractivity contribution in [3.05, 3.63) is 59.4 Å². The molecule has 0 aliphatic carbocycles. The van der Waals surface area contributed by atoms with Crippen molar-refractivity contribution in [1.29, 1.82) is 0 Å². The highest BCUT2D eigenvalue weighted by atomic mass is 16.5. The third-order valence-corrected chi connectivity index (χ3v) is 3.36. The van der Waals surface area contributed by atoms with E-state index in [-0.39, 0.29) is 11.8 Å². The van der Waals surface area contributed by atoms with Gasteiger partial charge in [0.15, 0.2) is 0 Å². The summed E-state index contributed by atoms with van der Waals surface area (Å²) in [4.78, 5) is 28.2. The van der Waals surface area contributed by atoms with Crippen LogP contribution in [-0.4, -0.2) is 37.1 Å². The van der Waals surface area contributed by atoms with Crippen molar-refractivity contribution in [2.24, 2.45) is 0 Å². The van der Waals surface area contributed by atoms with E-state index >= 15 is 0 Å². The highest BCUT2D eigenvalue weighted by Gasteiger charge is 2.13. The van der Waals surface area contributed by atoms with Crippen LogP contribution in [0.4, 0.5) is 5.69 Å². The molecule has 0 aliphatic rings. The van der Waals surface area contributed by atoms with Crippen LogP contribution < -0.4 is 10.6 Å². The minimum absolute atomic E-state index is 0.195. The number of rotatable bonds is 6. The van der Waals surface area contributed by atoms with Gasteiger partial charge in [-0.15, -0.1) is 0 Å². The summed E-state index contributed by atoms with van der Waals surface area (Å²) >= 11 is 0. The van der Waals surface area contributed by atoms with E-state index in [0.29, 0.717) is 35.5 Å². The Morgan fingerprint density at radius 3 is 2.57 bits per heavy atom. The molecule has 0 saturated heterocycles. The number of methoxy groups -OCH3 is 1. The summed E-state index contributed by atoms with van der Waals surface area (Å²) in [5.74, 6) is -0.438. The van der Waals surface area contributed by atoms with Crippen molar-refractivity contribution in [2.75, 3.05) is 25.6 Å². The number of pyridine rings is 1. The van der Waals surface area contributed by atoms with Crippen LogP contribution in [0.15, 0.2) is 42.7 Å². The normalized spacial score (nSPS) is 10.2. The van der Waals surface area contributed by atoms with Crippen LogP contribution in [0.5, 0.6) is 0 Å². The Bertz CT molecular complexity index is 687. The molecule has 0 spiro atoms. The fourth-order valence-electron chi connectivity index (χ4n) is 2.08. The first-order chi connectivity index (χ1) is 11.1. The number of carbonyl (C=O) groups excluding carboxylic acids is 2. The van der Waals surface area contributed by atoms with E-state index in [1.54, 1.807) is 56.8 Å². The summed E-state index contributed by atoms with van der Waals surface area (Å²) in [6, 6.07) is 8.48. The van der Waals surface area contributed by atoms with Crippen LogP contribution in [-0.2, 0) is 4.74 Å². The second kappa shape index (κ2) is 8.05. The first kappa shape index (κ1) is 16.6.